The number of likely N-dealkylation sites (tertiary alicyclic amines) is 1. The van der Waals surface area contributed by atoms with Gasteiger partial charge in [-0.1, -0.05) is 57.4 Å². The van der Waals surface area contributed by atoms with E-state index in [1.807, 2.05) is 10.3 Å². The van der Waals surface area contributed by atoms with Gasteiger partial charge in [0, 0.05) is 58.1 Å². The van der Waals surface area contributed by atoms with Gasteiger partial charge in [-0.2, -0.15) is 0 Å². The maximum atomic E-state index is 13.2. The second-order valence-corrected chi connectivity index (χ2v) is 15.5. The summed E-state index contributed by atoms with van der Waals surface area (Å²) < 4.78 is 24.1. The van der Waals surface area contributed by atoms with Crippen molar-refractivity contribution in [2.75, 3.05) is 60.2 Å². The largest absolute Gasteiger partial charge is 0.374 e. The topological polar surface area (TPSA) is 116 Å². The van der Waals surface area contributed by atoms with E-state index in [-0.39, 0.29) is 29.8 Å². The summed E-state index contributed by atoms with van der Waals surface area (Å²) in [5.41, 5.74) is 7.92. The lowest BCUT2D eigenvalue weighted by atomic mass is 9.73. The first-order valence-electron chi connectivity index (χ1n) is 18.3. The van der Waals surface area contributed by atoms with Crippen molar-refractivity contribution in [1.82, 2.24) is 14.8 Å². The number of primary amides is 1. The van der Waals surface area contributed by atoms with Gasteiger partial charge in [0.05, 0.1) is 42.4 Å². The predicted octanol–water partition coefficient (Wildman–Crippen LogP) is 5.58. The molecule has 2 saturated heterocycles. The summed E-state index contributed by atoms with van der Waals surface area (Å²) in [6, 6.07) is 8.84. The van der Waals surface area contributed by atoms with Gasteiger partial charge in [0.25, 0.3) is 5.91 Å². The summed E-state index contributed by atoms with van der Waals surface area (Å²) in [4.78, 5) is 34.6. The lowest BCUT2D eigenvalue weighted by molar-refractivity contribution is -0.183. The van der Waals surface area contributed by atoms with E-state index in [1.165, 1.54) is 17.5 Å². The minimum absolute atomic E-state index is 0.0308. The van der Waals surface area contributed by atoms with Gasteiger partial charge in [0.15, 0.2) is 6.29 Å². The number of aromatic nitrogens is 1. The van der Waals surface area contributed by atoms with Crippen LogP contribution in [0.2, 0.25) is 0 Å². The number of methoxy groups -OCH3 is 2. The molecule has 272 valence electrons. The molecule has 10 nitrogen and oxygen atoms in total. The molecule has 1 saturated carbocycles. The quantitative estimate of drug-likeness (QED) is 0.226. The summed E-state index contributed by atoms with van der Waals surface area (Å²) in [5, 5.41) is 2.91. The minimum atomic E-state index is -0.689. The number of amides is 2. The van der Waals surface area contributed by atoms with E-state index in [4.69, 9.17) is 24.7 Å². The lowest BCUT2D eigenvalue weighted by Crippen LogP contribution is -2.58. The number of hydrogen-bond acceptors (Lipinski definition) is 9. The van der Waals surface area contributed by atoms with Crippen molar-refractivity contribution in [3.05, 3.63) is 51.5 Å². The van der Waals surface area contributed by atoms with Gasteiger partial charge in [-0.05, 0) is 55.6 Å². The van der Waals surface area contributed by atoms with Crippen LogP contribution in [0.5, 0.6) is 0 Å². The molecule has 1 aliphatic carbocycles. The maximum absolute atomic E-state index is 13.2. The van der Waals surface area contributed by atoms with Crippen LogP contribution in [0.4, 0.5) is 0 Å². The molecular weight excluding hydrogens is 641 g/mol. The third-order valence-corrected chi connectivity index (χ3v) is 12.1. The van der Waals surface area contributed by atoms with Gasteiger partial charge >= 0.3 is 0 Å². The molecule has 0 bridgehead atoms. The van der Waals surface area contributed by atoms with E-state index in [0.29, 0.717) is 44.3 Å². The highest BCUT2D eigenvalue weighted by Gasteiger charge is 2.44. The van der Waals surface area contributed by atoms with Gasteiger partial charge in [-0.15, -0.1) is 11.3 Å². The fourth-order valence-corrected chi connectivity index (χ4v) is 8.74. The Bertz CT molecular complexity index is 1330. The number of carbonyl (C=O) groups excluding carboxylic acids is 2. The van der Waals surface area contributed by atoms with E-state index in [0.717, 1.165) is 76.0 Å². The highest BCUT2D eigenvalue weighted by atomic mass is 32.1. The number of nitrogens with zero attached hydrogens (tertiary/aromatic N) is 3. The second-order valence-electron chi connectivity index (χ2n) is 14.6. The van der Waals surface area contributed by atoms with Gasteiger partial charge in [-0.25, -0.2) is 4.98 Å². The van der Waals surface area contributed by atoms with E-state index in [2.05, 4.69) is 48.0 Å². The van der Waals surface area contributed by atoms with Crippen molar-refractivity contribution in [3.63, 3.8) is 0 Å². The standard InChI is InChI=1S/C38H58N4O6S/c1-28(2)35-40-32(26-49-35)36(44)42-21-23-47-37(27-42)16-19-41(20-17-37)18-14-29-10-12-30(13-11-29)15-22-48-38(24-33(39)43,25-34(45-3)46-4)31-8-6-5-7-9-31/h10-13,26,28,31,34H,5-9,14-25,27H2,1-4H3,(H2,39,43). The van der Waals surface area contributed by atoms with Crippen molar-refractivity contribution >= 4 is 23.2 Å². The molecule has 1 spiro atoms. The first kappa shape index (κ1) is 37.8. The molecule has 0 radical (unpaired) electrons. The number of rotatable bonds is 16. The fraction of sp³-hybridized carbons (Fsp3) is 0.711. The maximum Gasteiger partial charge on any atom is 0.273 e. The summed E-state index contributed by atoms with van der Waals surface area (Å²) in [6.45, 7) is 9.49. The average molecular weight is 699 g/mol. The Kier molecular flexibility index (Phi) is 13.7. The third-order valence-electron chi connectivity index (χ3n) is 10.9. The molecule has 3 aliphatic rings. The molecule has 3 fully saturated rings. The zero-order chi connectivity index (χ0) is 34.9. The number of hydrogen-bond donors (Lipinski definition) is 1. The summed E-state index contributed by atoms with van der Waals surface area (Å²) >= 11 is 1.57. The van der Waals surface area contributed by atoms with Gasteiger partial charge in [0.2, 0.25) is 5.91 Å². The fourth-order valence-electron chi connectivity index (χ4n) is 7.93. The van der Waals surface area contributed by atoms with Crippen LogP contribution < -0.4 is 5.73 Å². The number of ether oxygens (including phenoxy) is 4. The van der Waals surface area contributed by atoms with Crippen LogP contribution in [0.15, 0.2) is 29.6 Å². The normalized spacial score (nSPS) is 20.2. The molecule has 1 unspecified atom stereocenters. The van der Waals surface area contributed by atoms with Crippen LogP contribution in [-0.4, -0.2) is 104 Å². The Balaban J connectivity index is 1.09. The minimum Gasteiger partial charge on any atom is -0.374 e. The molecule has 2 aromatic rings. The Morgan fingerprint density at radius 2 is 1.71 bits per heavy atom. The van der Waals surface area contributed by atoms with Crippen LogP contribution >= 0.6 is 11.3 Å². The van der Waals surface area contributed by atoms with E-state index in [9.17, 15) is 9.59 Å². The first-order chi connectivity index (χ1) is 23.6. The molecule has 49 heavy (non-hydrogen) atoms. The molecule has 1 aromatic heterocycles. The second kappa shape index (κ2) is 17.7. The van der Waals surface area contributed by atoms with E-state index in [1.54, 1.807) is 25.6 Å². The molecule has 3 heterocycles. The van der Waals surface area contributed by atoms with E-state index >= 15 is 0 Å². The molecule has 2 N–H and O–H groups in total. The highest BCUT2D eigenvalue weighted by molar-refractivity contribution is 7.09. The molecule has 1 atom stereocenters. The van der Waals surface area contributed by atoms with Crippen molar-refractivity contribution in [2.24, 2.45) is 11.7 Å². The van der Waals surface area contributed by atoms with E-state index < -0.39 is 11.9 Å². The molecule has 2 amide bonds. The summed E-state index contributed by atoms with van der Waals surface area (Å²) in [6.07, 6.45) is 9.35. The summed E-state index contributed by atoms with van der Waals surface area (Å²) in [5.74, 6) is 0.262. The Hall–Kier alpha value is -2.41. The van der Waals surface area contributed by atoms with Crippen LogP contribution in [0.1, 0.15) is 104 Å². The highest BCUT2D eigenvalue weighted by Crippen LogP contribution is 2.41. The predicted molar refractivity (Wildman–Crippen MR) is 192 cm³/mol. The van der Waals surface area contributed by atoms with Crippen LogP contribution in [0.25, 0.3) is 0 Å². The molecule has 2 aliphatic heterocycles. The van der Waals surface area contributed by atoms with Gasteiger partial charge in [-0.3, -0.25) is 9.59 Å². The Morgan fingerprint density at radius 3 is 2.33 bits per heavy atom. The zero-order valence-corrected chi connectivity index (χ0v) is 30.9. The van der Waals surface area contributed by atoms with Crippen molar-refractivity contribution in [1.29, 1.82) is 0 Å². The first-order valence-corrected chi connectivity index (χ1v) is 19.2. The molecule has 5 rings (SSSR count). The zero-order valence-electron chi connectivity index (χ0n) is 30.1. The Labute approximate surface area is 297 Å². The number of morpholine rings is 1. The lowest BCUT2D eigenvalue weighted by Gasteiger charge is -2.47. The number of thiazole rings is 1. The van der Waals surface area contributed by atoms with Gasteiger partial charge in [0.1, 0.15) is 5.69 Å². The van der Waals surface area contributed by atoms with Crippen LogP contribution in [0.3, 0.4) is 0 Å². The third kappa shape index (κ3) is 10.1. The molecule has 11 heteroatoms. The Morgan fingerprint density at radius 1 is 1.04 bits per heavy atom. The number of nitrogens with two attached hydrogens (primary N) is 1. The smallest absolute Gasteiger partial charge is 0.273 e. The van der Waals surface area contributed by atoms with Crippen molar-refractivity contribution in [3.8, 4) is 0 Å². The monoisotopic (exact) mass is 698 g/mol. The van der Waals surface area contributed by atoms with Crippen molar-refractivity contribution in [2.45, 2.75) is 108 Å². The van der Waals surface area contributed by atoms with Crippen LogP contribution in [-0.2, 0) is 36.6 Å². The summed E-state index contributed by atoms with van der Waals surface area (Å²) in [7, 11) is 3.25. The average Bonchev–Trinajstić information content (AvgIpc) is 3.62. The van der Waals surface area contributed by atoms with Crippen LogP contribution in [0, 0.1) is 5.92 Å². The number of benzene rings is 1. The molecular formula is C38H58N4O6S. The SMILES string of the molecule is COC(CC(CC(N)=O)(OCCc1ccc(CCN2CCC3(CC2)CN(C(=O)c2csc(C(C)C)n2)CCO3)cc1)C1CCCCC1)OC. The molecule has 1 aromatic carbocycles. The number of carbonyl (C=O) groups is 2. The number of piperidine rings is 1. The van der Waals surface area contributed by atoms with Gasteiger partial charge < -0.3 is 34.5 Å². The van der Waals surface area contributed by atoms with Crippen molar-refractivity contribution < 1.29 is 28.5 Å².